The summed E-state index contributed by atoms with van der Waals surface area (Å²) >= 11 is 0. The first kappa shape index (κ1) is 12.8. The molecule has 0 aliphatic carbocycles. The van der Waals surface area contributed by atoms with E-state index in [0.29, 0.717) is 5.56 Å². The van der Waals surface area contributed by atoms with E-state index in [1.54, 1.807) is 6.92 Å². The molecular formula is C9H10F3NO2S. The van der Waals surface area contributed by atoms with Crippen LogP contribution < -0.4 is 4.72 Å². The highest BCUT2D eigenvalue weighted by Crippen LogP contribution is 2.35. The minimum atomic E-state index is -4.58. The third-order valence-corrected chi connectivity index (χ3v) is 2.37. The summed E-state index contributed by atoms with van der Waals surface area (Å²) in [6, 6.07) is 3.27. The second kappa shape index (κ2) is 3.97. The Hall–Kier alpha value is -1.24. The second-order valence-electron chi connectivity index (χ2n) is 3.42. The lowest BCUT2D eigenvalue weighted by Crippen LogP contribution is -2.15. The van der Waals surface area contributed by atoms with E-state index in [1.165, 1.54) is 6.07 Å². The third-order valence-electron chi connectivity index (χ3n) is 1.78. The van der Waals surface area contributed by atoms with E-state index >= 15 is 0 Å². The Bertz CT molecular complexity index is 494. The maximum absolute atomic E-state index is 12.5. The summed E-state index contributed by atoms with van der Waals surface area (Å²) in [6.45, 7) is 1.58. The fourth-order valence-corrected chi connectivity index (χ4v) is 1.76. The molecule has 0 saturated heterocycles. The fourth-order valence-electron chi connectivity index (χ4n) is 1.19. The number of benzene rings is 1. The predicted molar refractivity (Wildman–Crippen MR) is 54.6 cm³/mol. The summed E-state index contributed by atoms with van der Waals surface area (Å²) in [5, 5.41) is 0. The van der Waals surface area contributed by atoms with Crippen LogP contribution in [0.4, 0.5) is 18.9 Å². The molecule has 0 atom stereocenters. The lowest BCUT2D eigenvalue weighted by Gasteiger charge is -2.13. The van der Waals surface area contributed by atoms with Crippen LogP contribution in [0.5, 0.6) is 0 Å². The zero-order valence-electron chi connectivity index (χ0n) is 8.59. The van der Waals surface area contributed by atoms with Gasteiger partial charge in [-0.3, -0.25) is 4.72 Å². The molecule has 1 N–H and O–H groups in total. The van der Waals surface area contributed by atoms with Gasteiger partial charge in [0.25, 0.3) is 0 Å². The first-order valence-electron chi connectivity index (χ1n) is 4.25. The van der Waals surface area contributed by atoms with E-state index in [4.69, 9.17) is 0 Å². The molecular weight excluding hydrogens is 243 g/mol. The van der Waals surface area contributed by atoms with Gasteiger partial charge in [0.1, 0.15) is 0 Å². The minimum Gasteiger partial charge on any atom is -0.283 e. The number of nitrogens with one attached hydrogen (secondary N) is 1. The lowest BCUT2D eigenvalue weighted by molar-refractivity contribution is -0.136. The zero-order chi connectivity index (χ0) is 12.6. The number of anilines is 1. The molecule has 0 spiro atoms. The molecule has 0 radical (unpaired) electrons. The fraction of sp³-hybridized carbons (Fsp3) is 0.333. The monoisotopic (exact) mass is 253 g/mol. The molecule has 0 fully saturated rings. The van der Waals surface area contributed by atoms with Crippen LogP contribution in [0.3, 0.4) is 0 Å². The van der Waals surface area contributed by atoms with Crippen molar-refractivity contribution >= 4 is 15.7 Å². The lowest BCUT2D eigenvalue weighted by atomic mass is 10.1. The number of sulfonamides is 1. The molecule has 3 nitrogen and oxygen atoms in total. The molecule has 0 aliphatic heterocycles. The number of hydrogen-bond donors (Lipinski definition) is 1. The van der Waals surface area contributed by atoms with Gasteiger partial charge in [-0.05, 0) is 24.6 Å². The van der Waals surface area contributed by atoms with Gasteiger partial charge in [-0.1, -0.05) is 6.07 Å². The molecule has 0 amide bonds. The molecule has 90 valence electrons. The Labute approximate surface area is 91.3 Å². The van der Waals surface area contributed by atoms with Crippen molar-refractivity contribution in [2.45, 2.75) is 13.1 Å². The van der Waals surface area contributed by atoms with Gasteiger partial charge in [0.15, 0.2) is 0 Å². The van der Waals surface area contributed by atoms with Gasteiger partial charge in [0, 0.05) is 0 Å². The molecule has 1 rings (SSSR count). The summed E-state index contributed by atoms with van der Waals surface area (Å²) < 4.78 is 61.2. The Morgan fingerprint density at radius 3 is 2.25 bits per heavy atom. The van der Waals surface area contributed by atoms with Gasteiger partial charge in [0.05, 0.1) is 17.5 Å². The van der Waals surface area contributed by atoms with Gasteiger partial charge >= 0.3 is 6.18 Å². The van der Waals surface area contributed by atoms with E-state index in [-0.39, 0.29) is 0 Å². The van der Waals surface area contributed by atoms with Crippen LogP contribution in [0.15, 0.2) is 18.2 Å². The van der Waals surface area contributed by atoms with Crippen molar-refractivity contribution in [2.75, 3.05) is 11.0 Å². The summed E-state index contributed by atoms with van der Waals surface area (Å²) in [6.07, 6.45) is -3.78. The number of hydrogen-bond acceptors (Lipinski definition) is 2. The van der Waals surface area contributed by atoms with Crippen molar-refractivity contribution in [3.8, 4) is 0 Å². The number of halogens is 3. The van der Waals surface area contributed by atoms with E-state index in [2.05, 4.69) is 0 Å². The maximum Gasteiger partial charge on any atom is 0.418 e. The molecule has 0 aliphatic rings. The molecule has 7 heteroatoms. The highest BCUT2D eigenvalue weighted by atomic mass is 32.2. The maximum atomic E-state index is 12.5. The third kappa shape index (κ3) is 3.41. The van der Waals surface area contributed by atoms with Crippen LogP contribution >= 0.6 is 0 Å². The van der Waals surface area contributed by atoms with Gasteiger partial charge in [-0.25, -0.2) is 8.42 Å². The average Bonchev–Trinajstić information content (AvgIpc) is 1.97. The number of alkyl halides is 3. The van der Waals surface area contributed by atoms with E-state index in [1.807, 2.05) is 4.72 Å². The van der Waals surface area contributed by atoms with Crippen LogP contribution in [0.25, 0.3) is 0 Å². The molecule has 1 aromatic carbocycles. The molecule has 0 aromatic heterocycles. The Balaban J connectivity index is 3.30. The predicted octanol–water partition coefficient (Wildman–Crippen LogP) is 2.39. The number of aryl methyl sites for hydroxylation is 1. The molecule has 0 unspecified atom stereocenters. The van der Waals surface area contributed by atoms with Crippen molar-refractivity contribution in [3.63, 3.8) is 0 Å². The molecule has 0 heterocycles. The van der Waals surface area contributed by atoms with Gasteiger partial charge in [-0.15, -0.1) is 0 Å². The van der Waals surface area contributed by atoms with Gasteiger partial charge in [0.2, 0.25) is 10.0 Å². The van der Waals surface area contributed by atoms with Crippen molar-refractivity contribution in [1.29, 1.82) is 0 Å². The Morgan fingerprint density at radius 2 is 1.81 bits per heavy atom. The van der Waals surface area contributed by atoms with E-state index in [0.717, 1.165) is 18.4 Å². The van der Waals surface area contributed by atoms with Crippen LogP contribution in [0.1, 0.15) is 11.1 Å². The topological polar surface area (TPSA) is 46.2 Å². The Morgan fingerprint density at radius 1 is 1.25 bits per heavy atom. The standard InChI is InChI=1S/C9H10F3NO2S/c1-6-3-4-7(9(10,11)12)8(5-6)13-16(2,14)15/h3-5,13H,1-2H3. The van der Waals surface area contributed by atoms with Crippen molar-refractivity contribution < 1.29 is 21.6 Å². The molecule has 0 bridgehead atoms. The first-order valence-corrected chi connectivity index (χ1v) is 6.14. The summed E-state index contributed by atoms with van der Waals surface area (Å²) in [4.78, 5) is 0. The van der Waals surface area contributed by atoms with Crippen LogP contribution in [0.2, 0.25) is 0 Å². The SMILES string of the molecule is Cc1ccc(C(F)(F)F)c(NS(C)(=O)=O)c1. The van der Waals surface area contributed by atoms with Crippen molar-refractivity contribution in [2.24, 2.45) is 0 Å². The molecule has 1 aromatic rings. The highest BCUT2D eigenvalue weighted by molar-refractivity contribution is 7.92. The van der Waals surface area contributed by atoms with Crippen LogP contribution in [0, 0.1) is 6.92 Å². The second-order valence-corrected chi connectivity index (χ2v) is 5.17. The first-order chi connectivity index (χ1) is 7.09. The number of rotatable bonds is 2. The summed E-state index contributed by atoms with van der Waals surface area (Å²) in [5.74, 6) is 0. The van der Waals surface area contributed by atoms with E-state index in [9.17, 15) is 21.6 Å². The summed E-state index contributed by atoms with van der Waals surface area (Å²) in [7, 11) is -3.73. The van der Waals surface area contributed by atoms with Crippen LogP contribution in [-0.4, -0.2) is 14.7 Å². The van der Waals surface area contributed by atoms with Crippen molar-refractivity contribution in [1.82, 2.24) is 0 Å². The average molecular weight is 253 g/mol. The smallest absolute Gasteiger partial charge is 0.283 e. The zero-order valence-corrected chi connectivity index (χ0v) is 9.41. The molecule has 16 heavy (non-hydrogen) atoms. The Kier molecular flexibility index (Phi) is 3.18. The minimum absolute atomic E-state index is 0.449. The van der Waals surface area contributed by atoms with Gasteiger partial charge in [-0.2, -0.15) is 13.2 Å². The highest BCUT2D eigenvalue weighted by Gasteiger charge is 2.34. The van der Waals surface area contributed by atoms with Gasteiger partial charge < -0.3 is 0 Å². The normalized spacial score (nSPS) is 12.6. The van der Waals surface area contributed by atoms with Crippen molar-refractivity contribution in [3.05, 3.63) is 29.3 Å². The quantitative estimate of drug-likeness (QED) is 0.879. The molecule has 0 saturated carbocycles. The van der Waals surface area contributed by atoms with E-state index < -0.39 is 27.5 Å². The van der Waals surface area contributed by atoms with Crippen LogP contribution in [-0.2, 0) is 16.2 Å². The largest absolute Gasteiger partial charge is 0.418 e. The summed E-state index contributed by atoms with van der Waals surface area (Å²) in [5.41, 5.74) is -0.905.